The summed E-state index contributed by atoms with van der Waals surface area (Å²) in [6, 6.07) is 15.1. The maximum absolute atomic E-state index is 6.05. The summed E-state index contributed by atoms with van der Waals surface area (Å²) in [7, 11) is 0. The van der Waals surface area contributed by atoms with Gasteiger partial charge in [0.1, 0.15) is 0 Å². The van der Waals surface area contributed by atoms with Crippen molar-refractivity contribution in [1.82, 2.24) is 5.32 Å². The molecule has 0 aromatic heterocycles. The lowest BCUT2D eigenvalue weighted by Crippen LogP contribution is -2.23. The van der Waals surface area contributed by atoms with Crippen LogP contribution < -0.4 is 5.32 Å². The van der Waals surface area contributed by atoms with Gasteiger partial charge in [-0.15, -0.1) is 11.8 Å². The van der Waals surface area contributed by atoms with Gasteiger partial charge >= 0.3 is 0 Å². The van der Waals surface area contributed by atoms with Gasteiger partial charge in [0.05, 0.1) is 0 Å². The number of benzene rings is 2. The van der Waals surface area contributed by atoms with E-state index in [1.54, 1.807) is 0 Å². The second-order valence-corrected chi connectivity index (χ2v) is 6.77. The quantitative estimate of drug-likeness (QED) is 0.715. The van der Waals surface area contributed by atoms with Crippen LogP contribution >= 0.6 is 23.4 Å². The van der Waals surface area contributed by atoms with E-state index < -0.39 is 0 Å². The molecule has 21 heavy (non-hydrogen) atoms. The van der Waals surface area contributed by atoms with Gasteiger partial charge in [-0.05, 0) is 49.7 Å². The molecule has 2 aromatic carbocycles. The summed E-state index contributed by atoms with van der Waals surface area (Å²) in [5, 5.41) is 4.39. The molecule has 1 N–H and O–H groups in total. The van der Waals surface area contributed by atoms with Gasteiger partial charge in [0.2, 0.25) is 0 Å². The highest BCUT2D eigenvalue weighted by Gasteiger charge is 2.13. The fraction of sp³-hybridized carbons (Fsp3) is 0.333. The Labute approximate surface area is 137 Å². The van der Waals surface area contributed by atoms with Crippen LogP contribution in [0.2, 0.25) is 5.02 Å². The molecule has 0 saturated heterocycles. The van der Waals surface area contributed by atoms with Crippen molar-refractivity contribution in [1.29, 1.82) is 0 Å². The lowest BCUT2D eigenvalue weighted by molar-refractivity contribution is 0.603. The van der Waals surface area contributed by atoms with Gasteiger partial charge in [-0.2, -0.15) is 0 Å². The molecule has 0 spiro atoms. The first-order chi connectivity index (χ1) is 10.1. The van der Waals surface area contributed by atoms with E-state index in [0.29, 0.717) is 6.04 Å². The Morgan fingerprint density at radius 1 is 1.14 bits per heavy atom. The molecule has 1 nitrogen and oxygen atoms in total. The molecule has 112 valence electrons. The fourth-order valence-corrected chi connectivity index (χ4v) is 3.75. The molecule has 0 heterocycles. The lowest BCUT2D eigenvalue weighted by atomic mass is 10.0. The van der Waals surface area contributed by atoms with E-state index in [1.165, 1.54) is 21.6 Å². The van der Waals surface area contributed by atoms with Crippen LogP contribution in [0.25, 0.3) is 0 Å². The third kappa shape index (κ3) is 4.77. The van der Waals surface area contributed by atoms with Crippen LogP contribution in [0, 0.1) is 13.8 Å². The van der Waals surface area contributed by atoms with Crippen LogP contribution in [0.3, 0.4) is 0 Å². The van der Waals surface area contributed by atoms with Gasteiger partial charge in [-0.25, -0.2) is 0 Å². The predicted octanol–water partition coefficient (Wildman–Crippen LogP) is 5.40. The van der Waals surface area contributed by atoms with E-state index >= 15 is 0 Å². The zero-order valence-corrected chi connectivity index (χ0v) is 14.4. The summed E-state index contributed by atoms with van der Waals surface area (Å²) in [4.78, 5) is 1.22. The van der Waals surface area contributed by atoms with Crippen molar-refractivity contribution in [3.05, 3.63) is 64.2 Å². The SMILES string of the molecule is CCNC(CSc1cccc(Cl)c1)c1ccc(C)cc1C. The molecular formula is C18H22ClNS. The van der Waals surface area contributed by atoms with Crippen molar-refractivity contribution in [2.24, 2.45) is 0 Å². The van der Waals surface area contributed by atoms with Crippen molar-refractivity contribution >= 4 is 23.4 Å². The lowest BCUT2D eigenvalue weighted by Gasteiger charge is -2.20. The van der Waals surface area contributed by atoms with Crippen molar-refractivity contribution in [3.8, 4) is 0 Å². The molecule has 0 aliphatic rings. The normalized spacial score (nSPS) is 12.4. The fourth-order valence-electron chi connectivity index (χ4n) is 2.46. The highest BCUT2D eigenvalue weighted by molar-refractivity contribution is 7.99. The van der Waals surface area contributed by atoms with E-state index in [-0.39, 0.29) is 0 Å². The molecule has 2 rings (SSSR count). The van der Waals surface area contributed by atoms with E-state index in [9.17, 15) is 0 Å². The summed E-state index contributed by atoms with van der Waals surface area (Å²) in [6.45, 7) is 7.45. The monoisotopic (exact) mass is 319 g/mol. The Kier molecular flexibility index (Phi) is 6.16. The second kappa shape index (κ2) is 7.88. The second-order valence-electron chi connectivity index (χ2n) is 5.24. The van der Waals surface area contributed by atoms with Crippen molar-refractivity contribution < 1.29 is 0 Å². The van der Waals surface area contributed by atoms with Crippen molar-refractivity contribution in [2.75, 3.05) is 12.3 Å². The maximum Gasteiger partial charge on any atom is 0.0417 e. The van der Waals surface area contributed by atoms with Gasteiger partial charge in [0.15, 0.2) is 0 Å². The number of rotatable bonds is 6. The predicted molar refractivity (Wildman–Crippen MR) is 94.5 cm³/mol. The Bertz CT molecular complexity index is 598. The highest BCUT2D eigenvalue weighted by atomic mass is 35.5. The average molecular weight is 320 g/mol. The number of nitrogens with one attached hydrogen (secondary N) is 1. The van der Waals surface area contributed by atoms with E-state index in [2.05, 4.69) is 50.4 Å². The third-order valence-electron chi connectivity index (χ3n) is 3.46. The van der Waals surface area contributed by atoms with Crippen LogP contribution in [-0.2, 0) is 0 Å². The zero-order valence-electron chi connectivity index (χ0n) is 12.8. The van der Waals surface area contributed by atoms with Crippen LogP contribution in [0.1, 0.15) is 29.7 Å². The summed E-state index contributed by atoms with van der Waals surface area (Å²) in [5.74, 6) is 0.998. The van der Waals surface area contributed by atoms with E-state index in [1.807, 2.05) is 30.0 Å². The molecule has 0 bridgehead atoms. The first kappa shape index (κ1) is 16.4. The minimum absolute atomic E-state index is 0.361. The summed E-state index contributed by atoms with van der Waals surface area (Å²) in [6.07, 6.45) is 0. The molecule has 0 aliphatic carbocycles. The smallest absolute Gasteiger partial charge is 0.0417 e. The summed E-state index contributed by atoms with van der Waals surface area (Å²) >= 11 is 7.90. The van der Waals surface area contributed by atoms with E-state index in [4.69, 9.17) is 11.6 Å². The Morgan fingerprint density at radius 3 is 2.62 bits per heavy atom. The highest BCUT2D eigenvalue weighted by Crippen LogP contribution is 2.28. The molecule has 3 heteroatoms. The van der Waals surface area contributed by atoms with Crippen LogP contribution in [0.4, 0.5) is 0 Å². The molecule has 0 saturated carbocycles. The first-order valence-electron chi connectivity index (χ1n) is 7.29. The Hall–Kier alpha value is -0.960. The molecule has 0 fully saturated rings. The number of thioether (sulfide) groups is 1. The van der Waals surface area contributed by atoms with Gasteiger partial charge in [-0.1, -0.05) is 48.4 Å². The largest absolute Gasteiger partial charge is 0.309 e. The van der Waals surface area contributed by atoms with Crippen LogP contribution in [-0.4, -0.2) is 12.3 Å². The number of hydrogen-bond donors (Lipinski definition) is 1. The molecule has 0 amide bonds. The van der Waals surface area contributed by atoms with Crippen LogP contribution in [0.5, 0.6) is 0 Å². The molecule has 0 radical (unpaired) electrons. The molecule has 0 aliphatic heterocycles. The molecular weight excluding hydrogens is 298 g/mol. The third-order valence-corrected chi connectivity index (χ3v) is 4.79. The molecule has 1 atom stereocenters. The molecule has 1 unspecified atom stereocenters. The standard InChI is InChI=1S/C18H22ClNS/c1-4-20-18(17-9-8-13(2)10-14(17)3)12-21-16-7-5-6-15(19)11-16/h5-11,18,20H,4,12H2,1-3H3. The van der Waals surface area contributed by atoms with Crippen LogP contribution in [0.15, 0.2) is 47.4 Å². The summed E-state index contributed by atoms with van der Waals surface area (Å²) in [5.41, 5.74) is 4.05. The van der Waals surface area contributed by atoms with Gasteiger partial charge in [0.25, 0.3) is 0 Å². The van der Waals surface area contributed by atoms with Gasteiger partial charge < -0.3 is 5.32 Å². The topological polar surface area (TPSA) is 12.0 Å². The zero-order chi connectivity index (χ0) is 15.2. The summed E-state index contributed by atoms with van der Waals surface area (Å²) < 4.78 is 0. The van der Waals surface area contributed by atoms with Crippen molar-refractivity contribution in [3.63, 3.8) is 0 Å². The molecule has 2 aromatic rings. The Balaban J connectivity index is 2.12. The number of aryl methyl sites for hydroxylation is 2. The maximum atomic E-state index is 6.05. The minimum Gasteiger partial charge on any atom is -0.309 e. The minimum atomic E-state index is 0.361. The average Bonchev–Trinajstić information content (AvgIpc) is 2.44. The number of halogens is 1. The van der Waals surface area contributed by atoms with Crippen molar-refractivity contribution in [2.45, 2.75) is 31.7 Å². The first-order valence-corrected chi connectivity index (χ1v) is 8.65. The van der Waals surface area contributed by atoms with Gasteiger partial charge in [0, 0.05) is 21.7 Å². The van der Waals surface area contributed by atoms with E-state index in [0.717, 1.165) is 17.3 Å². The number of hydrogen-bond acceptors (Lipinski definition) is 2. The Morgan fingerprint density at radius 2 is 1.95 bits per heavy atom. The van der Waals surface area contributed by atoms with Gasteiger partial charge in [-0.3, -0.25) is 0 Å².